The normalized spacial score (nSPS) is 10.3. The topological polar surface area (TPSA) is 50.9 Å². The van der Waals surface area contributed by atoms with Crippen molar-refractivity contribution in [2.75, 3.05) is 11.9 Å². The van der Waals surface area contributed by atoms with Gasteiger partial charge in [0.15, 0.2) is 0 Å². The van der Waals surface area contributed by atoms with Gasteiger partial charge in [0.1, 0.15) is 5.82 Å². The molecule has 0 aliphatic carbocycles. The zero-order valence-corrected chi connectivity index (χ0v) is 10.5. The molecule has 3 N–H and O–H groups in total. The molecule has 1 aromatic heterocycles. The van der Waals surface area contributed by atoms with Gasteiger partial charge in [0.2, 0.25) is 0 Å². The third-order valence-corrected chi connectivity index (χ3v) is 1.64. The summed E-state index contributed by atoms with van der Waals surface area (Å²) in [6.45, 7) is 10.7. The lowest BCUT2D eigenvalue weighted by atomic mass is 10.1. The first kappa shape index (κ1) is 13.9. The summed E-state index contributed by atoms with van der Waals surface area (Å²) in [5.41, 5.74) is 6.79. The fourth-order valence-electron chi connectivity index (χ4n) is 0.891. The van der Waals surface area contributed by atoms with Crippen LogP contribution in [-0.4, -0.2) is 17.1 Å². The minimum Gasteiger partial charge on any atom is -0.368 e. The minimum atomic E-state index is -0.202. The quantitative estimate of drug-likeness (QED) is 0.804. The van der Waals surface area contributed by atoms with Crippen molar-refractivity contribution in [1.82, 2.24) is 4.98 Å². The number of hydrogen-bond donors (Lipinski definition) is 2. The molecular formula is C12H23N3. The van der Waals surface area contributed by atoms with Gasteiger partial charge in [0, 0.05) is 18.3 Å². The second-order valence-corrected chi connectivity index (χ2v) is 4.06. The Kier molecular flexibility index (Phi) is 5.94. The molecule has 1 aromatic rings. The largest absolute Gasteiger partial charge is 0.368 e. The van der Waals surface area contributed by atoms with Crippen LogP contribution in [0.25, 0.3) is 0 Å². The van der Waals surface area contributed by atoms with Gasteiger partial charge in [-0.1, -0.05) is 19.9 Å². The highest BCUT2D eigenvalue weighted by Gasteiger charge is 2.09. The Bertz CT molecular complexity index is 259. The molecule has 0 unspecified atom stereocenters. The number of nitrogens with two attached hydrogens (primary N) is 1. The predicted molar refractivity (Wildman–Crippen MR) is 67.1 cm³/mol. The maximum atomic E-state index is 5.82. The van der Waals surface area contributed by atoms with Gasteiger partial charge in [-0.15, -0.1) is 0 Å². The SMILES string of the molecule is CC.Cc1ccc(NCC(C)(C)N)nc1. The van der Waals surface area contributed by atoms with E-state index in [1.807, 2.05) is 52.9 Å². The molecule has 0 aliphatic heterocycles. The first-order valence-electron chi connectivity index (χ1n) is 5.43. The first-order valence-corrected chi connectivity index (χ1v) is 5.43. The maximum Gasteiger partial charge on any atom is 0.125 e. The molecule has 0 spiro atoms. The summed E-state index contributed by atoms with van der Waals surface area (Å²) in [4.78, 5) is 4.21. The molecule has 0 aliphatic rings. The zero-order valence-electron chi connectivity index (χ0n) is 10.5. The summed E-state index contributed by atoms with van der Waals surface area (Å²) < 4.78 is 0. The standard InChI is InChI=1S/C10H17N3.C2H6/c1-8-4-5-9(12-6-8)13-7-10(2,3)11;1-2/h4-6H,7,11H2,1-3H3,(H,12,13);1-2H3. The van der Waals surface area contributed by atoms with E-state index >= 15 is 0 Å². The number of nitrogens with zero attached hydrogens (tertiary/aromatic N) is 1. The Hall–Kier alpha value is -1.09. The van der Waals surface area contributed by atoms with Crippen molar-refractivity contribution in [2.45, 2.75) is 40.2 Å². The van der Waals surface area contributed by atoms with Crippen LogP contribution in [0.4, 0.5) is 5.82 Å². The number of hydrogen-bond acceptors (Lipinski definition) is 3. The van der Waals surface area contributed by atoms with Crippen LogP contribution in [0.2, 0.25) is 0 Å². The summed E-state index contributed by atoms with van der Waals surface area (Å²) in [6.07, 6.45) is 1.84. The van der Waals surface area contributed by atoms with E-state index in [9.17, 15) is 0 Å². The lowest BCUT2D eigenvalue weighted by molar-refractivity contribution is 0.548. The molecule has 3 heteroatoms. The molecule has 0 saturated heterocycles. The molecule has 1 heterocycles. The van der Waals surface area contributed by atoms with E-state index in [1.165, 1.54) is 0 Å². The van der Waals surface area contributed by atoms with Crippen molar-refractivity contribution < 1.29 is 0 Å². The van der Waals surface area contributed by atoms with Crippen LogP contribution < -0.4 is 11.1 Å². The molecule has 0 aromatic carbocycles. The van der Waals surface area contributed by atoms with Gasteiger partial charge in [0.05, 0.1) is 0 Å². The van der Waals surface area contributed by atoms with Crippen LogP contribution in [0.1, 0.15) is 33.3 Å². The van der Waals surface area contributed by atoms with E-state index in [1.54, 1.807) is 0 Å². The summed E-state index contributed by atoms with van der Waals surface area (Å²) in [7, 11) is 0. The molecule has 0 atom stereocenters. The van der Waals surface area contributed by atoms with Crippen molar-refractivity contribution in [1.29, 1.82) is 0 Å². The first-order chi connectivity index (χ1) is 6.97. The van der Waals surface area contributed by atoms with E-state index in [2.05, 4.69) is 10.3 Å². The number of aryl methyl sites for hydroxylation is 1. The number of nitrogens with one attached hydrogen (secondary N) is 1. The average Bonchev–Trinajstić information content (AvgIpc) is 2.19. The smallest absolute Gasteiger partial charge is 0.125 e. The number of pyridine rings is 1. The zero-order chi connectivity index (χ0) is 11.9. The van der Waals surface area contributed by atoms with E-state index in [4.69, 9.17) is 5.73 Å². The number of anilines is 1. The lowest BCUT2D eigenvalue weighted by Crippen LogP contribution is -2.39. The third kappa shape index (κ3) is 6.91. The minimum absolute atomic E-state index is 0.202. The van der Waals surface area contributed by atoms with Crippen LogP contribution in [0, 0.1) is 6.92 Å². The second kappa shape index (κ2) is 6.40. The summed E-state index contributed by atoms with van der Waals surface area (Å²) >= 11 is 0. The van der Waals surface area contributed by atoms with E-state index < -0.39 is 0 Å². The van der Waals surface area contributed by atoms with Crippen molar-refractivity contribution >= 4 is 5.82 Å². The molecule has 0 radical (unpaired) electrons. The molecule has 86 valence electrons. The Balaban J connectivity index is 0.000000921. The highest BCUT2D eigenvalue weighted by Crippen LogP contribution is 2.05. The van der Waals surface area contributed by atoms with Gasteiger partial charge in [-0.3, -0.25) is 0 Å². The fourth-order valence-corrected chi connectivity index (χ4v) is 0.891. The highest BCUT2D eigenvalue weighted by atomic mass is 15.0. The molecule has 15 heavy (non-hydrogen) atoms. The van der Waals surface area contributed by atoms with Gasteiger partial charge >= 0.3 is 0 Å². The van der Waals surface area contributed by atoms with Gasteiger partial charge in [0.25, 0.3) is 0 Å². The molecule has 1 rings (SSSR count). The lowest BCUT2D eigenvalue weighted by Gasteiger charge is -2.19. The Labute approximate surface area is 93.1 Å². The van der Waals surface area contributed by atoms with Crippen LogP contribution in [0.5, 0.6) is 0 Å². The van der Waals surface area contributed by atoms with Crippen LogP contribution >= 0.6 is 0 Å². The van der Waals surface area contributed by atoms with Crippen molar-refractivity contribution in [3.8, 4) is 0 Å². The summed E-state index contributed by atoms with van der Waals surface area (Å²) in [5.74, 6) is 0.879. The van der Waals surface area contributed by atoms with Gasteiger partial charge in [-0.05, 0) is 32.4 Å². The molecular weight excluding hydrogens is 186 g/mol. The van der Waals surface area contributed by atoms with Crippen molar-refractivity contribution in [3.05, 3.63) is 23.9 Å². The van der Waals surface area contributed by atoms with Gasteiger partial charge in [-0.2, -0.15) is 0 Å². The molecule has 0 bridgehead atoms. The Morgan fingerprint density at radius 2 is 1.93 bits per heavy atom. The van der Waals surface area contributed by atoms with Crippen molar-refractivity contribution in [3.63, 3.8) is 0 Å². The molecule has 0 saturated carbocycles. The van der Waals surface area contributed by atoms with E-state index in [-0.39, 0.29) is 5.54 Å². The maximum absolute atomic E-state index is 5.82. The Morgan fingerprint density at radius 3 is 2.33 bits per heavy atom. The summed E-state index contributed by atoms with van der Waals surface area (Å²) in [5, 5.41) is 3.18. The van der Waals surface area contributed by atoms with Crippen LogP contribution in [0.15, 0.2) is 18.3 Å². The predicted octanol–water partition coefficient (Wildman–Crippen LogP) is 2.57. The molecule has 0 fully saturated rings. The highest BCUT2D eigenvalue weighted by molar-refractivity contribution is 5.35. The van der Waals surface area contributed by atoms with E-state index in [0.717, 1.165) is 17.9 Å². The van der Waals surface area contributed by atoms with Crippen LogP contribution in [-0.2, 0) is 0 Å². The Morgan fingerprint density at radius 1 is 1.33 bits per heavy atom. The second-order valence-electron chi connectivity index (χ2n) is 4.06. The molecule has 0 amide bonds. The van der Waals surface area contributed by atoms with Crippen LogP contribution in [0.3, 0.4) is 0 Å². The number of aromatic nitrogens is 1. The monoisotopic (exact) mass is 209 g/mol. The van der Waals surface area contributed by atoms with Gasteiger partial charge in [-0.25, -0.2) is 4.98 Å². The van der Waals surface area contributed by atoms with Crippen molar-refractivity contribution in [2.24, 2.45) is 5.73 Å². The number of rotatable bonds is 3. The average molecular weight is 209 g/mol. The molecule has 3 nitrogen and oxygen atoms in total. The summed E-state index contributed by atoms with van der Waals surface area (Å²) in [6, 6.07) is 3.99. The van der Waals surface area contributed by atoms with E-state index in [0.29, 0.717) is 0 Å². The van der Waals surface area contributed by atoms with Gasteiger partial charge < -0.3 is 11.1 Å². The fraction of sp³-hybridized carbons (Fsp3) is 0.583. The third-order valence-electron chi connectivity index (χ3n) is 1.64.